The third-order valence-corrected chi connectivity index (χ3v) is 2.86. The summed E-state index contributed by atoms with van der Waals surface area (Å²) in [5.74, 6) is 0.989. The normalized spacial score (nSPS) is 19.5. The quantitative estimate of drug-likeness (QED) is 0.778. The minimum absolute atomic E-state index is 0.213. The van der Waals surface area contributed by atoms with Crippen LogP contribution in [-0.4, -0.2) is 6.61 Å². The van der Waals surface area contributed by atoms with Crippen molar-refractivity contribution in [3.63, 3.8) is 0 Å². The fourth-order valence-corrected chi connectivity index (χ4v) is 2.10. The number of hydrogen-bond acceptors (Lipinski definition) is 2. The third-order valence-electron chi connectivity index (χ3n) is 2.86. The van der Waals surface area contributed by atoms with Gasteiger partial charge in [0.15, 0.2) is 0 Å². The van der Waals surface area contributed by atoms with Crippen molar-refractivity contribution < 1.29 is 4.74 Å². The molecule has 1 aromatic rings. The van der Waals surface area contributed by atoms with E-state index < -0.39 is 0 Å². The zero-order chi connectivity index (χ0) is 10.1. The maximum Gasteiger partial charge on any atom is 0.122 e. The van der Waals surface area contributed by atoms with Gasteiger partial charge < -0.3 is 10.5 Å². The summed E-state index contributed by atoms with van der Waals surface area (Å²) < 4.78 is 5.55. The van der Waals surface area contributed by atoms with Gasteiger partial charge in [-0.25, -0.2) is 0 Å². The van der Waals surface area contributed by atoms with Gasteiger partial charge in [-0.1, -0.05) is 6.07 Å². The Morgan fingerprint density at radius 2 is 2.29 bits per heavy atom. The van der Waals surface area contributed by atoms with Crippen LogP contribution < -0.4 is 10.5 Å². The Labute approximate surface area is 85.1 Å². The van der Waals surface area contributed by atoms with E-state index in [9.17, 15) is 0 Å². The van der Waals surface area contributed by atoms with Gasteiger partial charge in [0.25, 0.3) is 0 Å². The van der Waals surface area contributed by atoms with Crippen molar-refractivity contribution in [2.24, 2.45) is 5.73 Å². The van der Waals surface area contributed by atoms with Crippen molar-refractivity contribution in [3.05, 3.63) is 28.8 Å². The maximum atomic E-state index is 6.01. The molecule has 1 aromatic carbocycles. The monoisotopic (exact) mass is 191 g/mol. The van der Waals surface area contributed by atoms with E-state index in [4.69, 9.17) is 10.5 Å². The number of aryl methyl sites for hydroxylation is 2. The van der Waals surface area contributed by atoms with E-state index in [-0.39, 0.29) is 6.04 Å². The molecule has 0 amide bonds. The van der Waals surface area contributed by atoms with Gasteiger partial charge in [0, 0.05) is 6.04 Å². The first kappa shape index (κ1) is 9.53. The Kier molecular flexibility index (Phi) is 2.46. The predicted molar refractivity (Wildman–Crippen MR) is 57.6 cm³/mol. The number of rotatable bonds is 2. The van der Waals surface area contributed by atoms with E-state index in [1.54, 1.807) is 0 Å². The van der Waals surface area contributed by atoms with Gasteiger partial charge in [-0.05, 0) is 49.4 Å². The van der Waals surface area contributed by atoms with Crippen molar-refractivity contribution in [2.75, 3.05) is 6.61 Å². The molecule has 0 saturated carbocycles. The molecule has 0 spiro atoms. The molecule has 1 atom stereocenters. The van der Waals surface area contributed by atoms with Crippen LogP contribution in [-0.2, 0) is 6.42 Å². The second-order valence-electron chi connectivity index (χ2n) is 3.89. The Morgan fingerprint density at radius 1 is 1.50 bits per heavy atom. The summed E-state index contributed by atoms with van der Waals surface area (Å²) in [6, 6.07) is 4.55. The molecule has 0 radical (unpaired) electrons. The fourth-order valence-electron chi connectivity index (χ4n) is 2.10. The van der Waals surface area contributed by atoms with E-state index in [0.29, 0.717) is 0 Å². The maximum absolute atomic E-state index is 6.01. The molecule has 0 aromatic heterocycles. The van der Waals surface area contributed by atoms with Gasteiger partial charge in [-0.3, -0.25) is 0 Å². The van der Waals surface area contributed by atoms with E-state index in [0.717, 1.165) is 25.2 Å². The largest absolute Gasteiger partial charge is 0.494 e. The lowest BCUT2D eigenvalue weighted by Crippen LogP contribution is -2.06. The van der Waals surface area contributed by atoms with E-state index in [2.05, 4.69) is 19.1 Å². The average Bonchev–Trinajstić information content (AvgIpc) is 2.49. The summed E-state index contributed by atoms with van der Waals surface area (Å²) in [7, 11) is 0. The fraction of sp³-hybridized carbons (Fsp3) is 0.500. The average molecular weight is 191 g/mol. The molecule has 1 aliphatic rings. The van der Waals surface area contributed by atoms with Crippen LogP contribution in [0.2, 0.25) is 0 Å². The molecular weight excluding hydrogens is 174 g/mol. The smallest absolute Gasteiger partial charge is 0.122 e. The Bertz CT molecular complexity index is 346. The summed E-state index contributed by atoms with van der Waals surface area (Å²) in [6.45, 7) is 4.82. The molecule has 0 aliphatic heterocycles. The molecular formula is C12H17NO. The summed E-state index contributed by atoms with van der Waals surface area (Å²) in [5.41, 5.74) is 9.91. The first-order chi connectivity index (χ1) is 6.72. The lowest BCUT2D eigenvalue weighted by molar-refractivity contribution is 0.337. The molecule has 2 N–H and O–H groups in total. The Morgan fingerprint density at radius 3 is 3.00 bits per heavy atom. The minimum Gasteiger partial charge on any atom is -0.494 e. The zero-order valence-corrected chi connectivity index (χ0v) is 8.84. The Balaban J connectivity index is 2.41. The standard InChI is InChI=1S/C12H17NO/c1-3-14-12-7-10-9(6-8(12)2)4-5-11(10)13/h6-7,11H,3-5,13H2,1-2H3. The molecule has 2 heteroatoms. The van der Waals surface area contributed by atoms with Crippen molar-refractivity contribution >= 4 is 0 Å². The van der Waals surface area contributed by atoms with Crippen LogP contribution in [0, 0.1) is 6.92 Å². The highest BCUT2D eigenvalue weighted by atomic mass is 16.5. The van der Waals surface area contributed by atoms with Gasteiger partial charge in [0.05, 0.1) is 6.61 Å². The van der Waals surface area contributed by atoms with Gasteiger partial charge in [0.2, 0.25) is 0 Å². The third kappa shape index (κ3) is 1.50. The summed E-state index contributed by atoms with van der Waals surface area (Å²) in [6.07, 6.45) is 2.19. The summed E-state index contributed by atoms with van der Waals surface area (Å²) in [4.78, 5) is 0. The number of benzene rings is 1. The number of fused-ring (bicyclic) bond motifs is 1. The minimum atomic E-state index is 0.213. The predicted octanol–water partition coefficient (Wildman–Crippen LogP) is 2.34. The summed E-state index contributed by atoms with van der Waals surface area (Å²) >= 11 is 0. The van der Waals surface area contributed by atoms with E-state index >= 15 is 0 Å². The van der Waals surface area contributed by atoms with Crippen molar-refractivity contribution in [3.8, 4) is 5.75 Å². The highest BCUT2D eigenvalue weighted by molar-refractivity contribution is 5.45. The highest BCUT2D eigenvalue weighted by Crippen LogP contribution is 2.34. The van der Waals surface area contributed by atoms with Crippen molar-refractivity contribution in [1.29, 1.82) is 0 Å². The summed E-state index contributed by atoms with van der Waals surface area (Å²) in [5, 5.41) is 0. The van der Waals surface area contributed by atoms with Crippen LogP contribution in [0.4, 0.5) is 0 Å². The zero-order valence-electron chi connectivity index (χ0n) is 8.84. The molecule has 0 saturated heterocycles. The first-order valence-electron chi connectivity index (χ1n) is 5.24. The molecule has 0 bridgehead atoms. The topological polar surface area (TPSA) is 35.2 Å². The molecule has 1 aliphatic carbocycles. The molecule has 76 valence electrons. The molecule has 2 nitrogen and oxygen atoms in total. The number of nitrogens with two attached hydrogens (primary N) is 1. The Hall–Kier alpha value is -1.02. The lowest BCUT2D eigenvalue weighted by Gasteiger charge is -2.11. The van der Waals surface area contributed by atoms with Crippen LogP contribution in [0.25, 0.3) is 0 Å². The SMILES string of the molecule is CCOc1cc2c(cc1C)CCC2N. The number of hydrogen-bond donors (Lipinski definition) is 1. The second kappa shape index (κ2) is 3.62. The molecule has 2 rings (SSSR count). The van der Waals surface area contributed by atoms with Crippen LogP contribution >= 0.6 is 0 Å². The van der Waals surface area contributed by atoms with Crippen LogP contribution in [0.3, 0.4) is 0 Å². The lowest BCUT2D eigenvalue weighted by atomic mass is 10.0. The van der Waals surface area contributed by atoms with Crippen molar-refractivity contribution in [2.45, 2.75) is 32.7 Å². The van der Waals surface area contributed by atoms with Crippen LogP contribution in [0.5, 0.6) is 5.75 Å². The van der Waals surface area contributed by atoms with E-state index in [1.807, 2.05) is 6.92 Å². The van der Waals surface area contributed by atoms with Crippen LogP contribution in [0.15, 0.2) is 12.1 Å². The van der Waals surface area contributed by atoms with Gasteiger partial charge in [0.1, 0.15) is 5.75 Å². The number of ether oxygens (including phenoxy) is 1. The van der Waals surface area contributed by atoms with Gasteiger partial charge >= 0.3 is 0 Å². The molecule has 0 fully saturated rings. The van der Waals surface area contributed by atoms with Crippen LogP contribution in [0.1, 0.15) is 36.1 Å². The van der Waals surface area contributed by atoms with Gasteiger partial charge in [-0.2, -0.15) is 0 Å². The first-order valence-corrected chi connectivity index (χ1v) is 5.24. The van der Waals surface area contributed by atoms with Crippen molar-refractivity contribution in [1.82, 2.24) is 0 Å². The highest BCUT2D eigenvalue weighted by Gasteiger charge is 2.20. The van der Waals surface area contributed by atoms with Gasteiger partial charge in [-0.15, -0.1) is 0 Å². The second-order valence-corrected chi connectivity index (χ2v) is 3.89. The van der Waals surface area contributed by atoms with E-state index in [1.165, 1.54) is 16.7 Å². The molecule has 0 heterocycles. The molecule has 1 unspecified atom stereocenters. The molecule has 14 heavy (non-hydrogen) atoms.